The van der Waals surface area contributed by atoms with Crippen molar-refractivity contribution >= 4 is 28.6 Å². The number of aromatic nitrogens is 1. The highest BCUT2D eigenvalue weighted by Gasteiger charge is 2.02. The smallest absolute Gasteiger partial charge is 0.183 e. The summed E-state index contributed by atoms with van der Waals surface area (Å²) in [5.74, 6) is -0.240. The van der Waals surface area contributed by atoms with Gasteiger partial charge in [0.25, 0.3) is 0 Å². The molecule has 16 heavy (non-hydrogen) atoms. The van der Waals surface area contributed by atoms with Gasteiger partial charge in [-0.25, -0.2) is 9.37 Å². The second-order valence-electron chi connectivity index (χ2n) is 3.39. The quantitative estimate of drug-likeness (QED) is 0.902. The lowest BCUT2D eigenvalue weighted by molar-refractivity contribution is 0.628. The lowest BCUT2D eigenvalue weighted by Gasteiger charge is -2.07. The van der Waals surface area contributed by atoms with E-state index >= 15 is 0 Å². The number of benzene rings is 1. The molecule has 0 saturated carbocycles. The molecule has 2 aromatic rings. The maximum absolute atomic E-state index is 13.0. The van der Waals surface area contributed by atoms with E-state index in [-0.39, 0.29) is 5.82 Å². The van der Waals surface area contributed by atoms with Crippen LogP contribution in [0.25, 0.3) is 0 Å². The Balaban J connectivity index is 2.07. The van der Waals surface area contributed by atoms with E-state index in [0.29, 0.717) is 11.0 Å². The summed E-state index contributed by atoms with van der Waals surface area (Å²) in [6, 6.07) is 4.68. The minimum Gasteiger partial charge on any atom is -0.380 e. The first kappa shape index (κ1) is 11.4. The molecule has 2 rings (SSSR count). The van der Waals surface area contributed by atoms with E-state index in [4.69, 9.17) is 11.6 Å². The number of halogens is 2. The fourth-order valence-electron chi connectivity index (χ4n) is 1.33. The molecule has 0 aliphatic heterocycles. The van der Waals surface area contributed by atoms with Crippen molar-refractivity contribution in [1.29, 1.82) is 0 Å². The van der Waals surface area contributed by atoms with E-state index < -0.39 is 0 Å². The Bertz CT molecular complexity index is 498. The maximum Gasteiger partial charge on any atom is 0.183 e. The van der Waals surface area contributed by atoms with E-state index in [0.717, 1.165) is 16.1 Å². The van der Waals surface area contributed by atoms with Crippen LogP contribution in [0.2, 0.25) is 4.47 Å². The second-order valence-corrected chi connectivity index (χ2v) is 5.09. The van der Waals surface area contributed by atoms with Crippen molar-refractivity contribution in [3.05, 3.63) is 45.1 Å². The summed E-state index contributed by atoms with van der Waals surface area (Å²) >= 11 is 7.13. The van der Waals surface area contributed by atoms with Crippen molar-refractivity contribution in [1.82, 2.24) is 4.98 Å². The zero-order chi connectivity index (χ0) is 11.5. The largest absolute Gasteiger partial charge is 0.380 e. The molecule has 0 aliphatic rings. The summed E-state index contributed by atoms with van der Waals surface area (Å²) in [5.41, 5.74) is 1.81. The summed E-state index contributed by atoms with van der Waals surface area (Å²) in [7, 11) is 0. The van der Waals surface area contributed by atoms with Crippen molar-refractivity contribution in [2.45, 2.75) is 13.5 Å². The standard InChI is InChI=1S/C11H10ClFN2S/c1-7-2-3-8(13)4-10(7)14-5-9-6-15-11(12)16-9/h2-4,6,14H,5H2,1H3. The normalized spacial score (nSPS) is 10.4. The number of hydrogen-bond acceptors (Lipinski definition) is 3. The molecule has 0 aliphatic carbocycles. The van der Waals surface area contributed by atoms with Crippen LogP contribution in [0.1, 0.15) is 10.4 Å². The molecule has 0 bridgehead atoms. The van der Waals surface area contributed by atoms with Gasteiger partial charge in [0.1, 0.15) is 5.82 Å². The number of aryl methyl sites for hydroxylation is 1. The highest BCUT2D eigenvalue weighted by molar-refractivity contribution is 7.15. The van der Waals surface area contributed by atoms with Gasteiger partial charge in [-0.15, -0.1) is 11.3 Å². The van der Waals surface area contributed by atoms with Crippen LogP contribution in [0.15, 0.2) is 24.4 Å². The fourth-order valence-corrected chi connectivity index (χ4v) is 2.25. The molecule has 0 radical (unpaired) electrons. The lowest BCUT2D eigenvalue weighted by atomic mass is 10.2. The van der Waals surface area contributed by atoms with Gasteiger partial charge in [-0.05, 0) is 24.6 Å². The van der Waals surface area contributed by atoms with Crippen molar-refractivity contribution in [3.63, 3.8) is 0 Å². The molecule has 0 amide bonds. The third kappa shape index (κ3) is 2.71. The van der Waals surface area contributed by atoms with Crippen LogP contribution in [0.3, 0.4) is 0 Å². The molecule has 2 nitrogen and oxygen atoms in total. The van der Waals surface area contributed by atoms with Crippen molar-refractivity contribution in [2.75, 3.05) is 5.32 Å². The first-order valence-electron chi connectivity index (χ1n) is 4.75. The van der Waals surface area contributed by atoms with Gasteiger partial charge < -0.3 is 5.32 Å². The Morgan fingerprint density at radius 2 is 2.31 bits per heavy atom. The zero-order valence-electron chi connectivity index (χ0n) is 8.63. The second kappa shape index (κ2) is 4.80. The van der Waals surface area contributed by atoms with E-state index in [9.17, 15) is 4.39 Å². The van der Waals surface area contributed by atoms with Gasteiger partial charge in [0.05, 0.1) is 6.54 Å². The topological polar surface area (TPSA) is 24.9 Å². The van der Waals surface area contributed by atoms with Crippen molar-refractivity contribution in [3.8, 4) is 0 Å². The van der Waals surface area contributed by atoms with Crippen LogP contribution in [0, 0.1) is 12.7 Å². The first-order chi connectivity index (χ1) is 7.65. The van der Waals surface area contributed by atoms with Gasteiger partial charge in [0, 0.05) is 16.8 Å². The fraction of sp³-hybridized carbons (Fsp3) is 0.182. The molecule has 5 heteroatoms. The molecule has 0 fully saturated rings. The predicted octanol–water partition coefficient (Wildman–Crippen LogP) is 3.86. The SMILES string of the molecule is Cc1ccc(F)cc1NCc1cnc(Cl)s1. The average molecular weight is 257 g/mol. The zero-order valence-corrected chi connectivity index (χ0v) is 10.2. The highest BCUT2D eigenvalue weighted by atomic mass is 35.5. The summed E-state index contributed by atoms with van der Waals surface area (Å²) in [4.78, 5) is 4.96. The van der Waals surface area contributed by atoms with Crippen LogP contribution in [0.4, 0.5) is 10.1 Å². The summed E-state index contributed by atoms with van der Waals surface area (Å²) in [5, 5.41) is 3.16. The van der Waals surface area contributed by atoms with Crippen molar-refractivity contribution < 1.29 is 4.39 Å². The van der Waals surface area contributed by atoms with Gasteiger partial charge in [-0.1, -0.05) is 17.7 Å². The number of thiazole rings is 1. The molecule has 84 valence electrons. The molecule has 1 N–H and O–H groups in total. The third-order valence-electron chi connectivity index (χ3n) is 2.18. The van der Waals surface area contributed by atoms with Crippen molar-refractivity contribution in [2.24, 2.45) is 0 Å². The number of hydrogen-bond donors (Lipinski definition) is 1. The molecular formula is C11H10ClFN2S. The van der Waals surface area contributed by atoms with Crippen LogP contribution in [-0.2, 0) is 6.54 Å². The summed E-state index contributed by atoms with van der Waals surface area (Å²) in [6.07, 6.45) is 1.72. The highest BCUT2D eigenvalue weighted by Crippen LogP contribution is 2.21. The number of rotatable bonds is 3. The van der Waals surface area contributed by atoms with E-state index in [1.807, 2.05) is 6.92 Å². The number of nitrogens with one attached hydrogen (secondary N) is 1. The minimum absolute atomic E-state index is 0.240. The molecule has 0 unspecified atom stereocenters. The Morgan fingerprint density at radius 3 is 3.00 bits per heavy atom. The molecule has 0 atom stereocenters. The van der Waals surface area contributed by atoms with Gasteiger partial charge in [-0.2, -0.15) is 0 Å². The molecule has 1 aromatic carbocycles. The van der Waals surface area contributed by atoms with Gasteiger partial charge in [-0.3, -0.25) is 0 Å². The van der Waals surface area contributed by atoms with E-state index in [1.165, 1.54) is 23.5 Å². The lowest BCUT2D eigenvalue weighted by Crippen LogP contribution is -1.99. The van der Waals surface area contributed by atoms with Crippen LogP contribution in [0.5, 0.6) is 0 Å². The maximum atomic E-state index is 13.0. The Hall–Kier alpha value is -1.13. The van der Waals surface area contributed by atoms with Crippen LogP contribution >= 0.6 is 22.9 Å². The van der Waals surface area contributed by atoms with Crippen LogP contribution < -0.4 is 5.32 Å². The molecule has 0 saturated heterocycles. The monoisotopic (exact) mass is 256 g/mol. The van der Waals surface area contributed by atoms with Gasteiger partial charge in [0.2, 0.25) is 0 Å². The van der Waals surface area contributed by atoms with E-state index in [2.05, 4.69) is 10.3 Å². The predicted molar refractivity (Wildman–Crippen MR) is 65.6 cm³/mol. The summed E-state index contributed by atoms with van der Waals surface area (Å²) < 4.78 is 13.5. The Kier molecular flexibility index (Phi) is 3.41. The first-order valence-corrected chi connectivity index (χ1v) is 5.95. The molecule has 1 aromatic heterocycles. The van der Waals surface area contributed by atoms with Gasteiger partial charge >= 0.3 is 0 Å². The Labute approximate surface area is 102 Å². The minimum atomic E-state index is -0.240. The van der Waals surface area contributed by atoms with E-state index in [1.54, 1.807) is 12.3 Å². The average Bonchev–Trinajstić information content (AvgIpc) is 2.66. The van der Waals surface area contributed by atoms with Gasteiger partial charge in [0.15, 0.2) is 4.47 Å². The molecular weight excluding hydrogens is 247 g/mol. The summed E-state index contributed by atoms with van der Waals surface area (Å²) in [6.45, 7) is 2.54. The molecule has 0 spiro atoms. The number of nitrogens with zero attached hydrogens (tertiary/aromatic N) is 1. The Morgan fingerprint density at radius 1 is 1.50 bits per heavy atom. The third-order valence-corrected chi connectivity index (χ3v) is 3.29. The molecule has 1 heterocycles. The van der Waals surface area contributed by atoms with Crippen LogP contribution in [-0.4, -0.2) is 4.98 Å². The number of anilines is 1.